The zero-order chi connectivity index (χ0) is 32.9. The molecule has 0 aromatic heterocycles. The largest absolute Gasteiger partial charge is 1.00 e. The van der Waals surface area contributed by atoms with Crippen molar-refractivity contribution in [1.29, 1.82) is 0 Å². The van der Waals surface area contributed by atoms with Crippen molar-refractivity contribution in [3.63, 3.8) is 0 Å². The molecule has 0 amide bonds. The third-order valence-electron chi connectivity index (χ3n) is 10.2. The van der Waals surface area contributed by atoms with Crippen LogP contribution in [-0.2, 0) is 4.79 Å². The number of carbonyl (C=O) groups is 1. The van der Waals surface area contributed by atoms with E-state index in [1.165, 1.54) is 205 Å². The summed E-state index contributed by atoms with van der Waals surface area (Å²) in [5.74, 6) is -0.878. The van der Waals surface area contributed by atoms with Gasteiger partial charge in [-0.3, -0.25) is 4.90 Å². The van der Waals surface area contributed by atoms with Crippen LogP contribution in [0.4, 0.5) is 0 Å². The second kappa shape index (κ2) is 41.2. The zero-order valence-corrected chi connectivity index (χ0v) is 32.5. The molecule has 0 spiro atoms. The smallest absolute Gasteiger partial charge is 0.548 e. The Labute approximate surface area is 303 Å². The summed E-state index contributed by atoms with van der Waals surface area (Å²) in [6, 6.07) is -0.410. The molecule has 0 saturated carbocycles. The van der Waals surface area contributed by atoms with Gasteiger partial charge in [0.2, 0.25) is 0 Å². The molecule has 0 aliphatic carbocycles. The molecule has 0 fully saturated rings. The molecule has 4 heteroatoms. The van der Waals surface area contributed by atoms with Crippen LogP contribution in [0.25, 0.3) is 0 Å². The van der Waals surface area contributed by atoms with E-state index in [1.54, 1.807) is 0 Å². The molecule has 0 aromatic rings. The van der Waals surface area contributed by atoms with Crippen LogP contribution in [0.15, 0.2) is 0 Å². The topological polar surface area (TPSA) is 43.4 Å². The fourth-order valence-electron chi connectivity index (χ4n) is 7.08. The molecule has 1 unspecified atom stereocenters. The Morgan fingerprint density at radius 1 is 0.391 bits per heavy atom. The normalized spacial score (nSPS) is 12.1. The van der Waals surface area contributed by atoms with Gasteiger partial charge >= 0.3 is 18.9 Å². The standard InChI is InChI=1S/C42H85NO2.Li/c1-4-7-9-11-13-15-17-19-21-23-25-27-29-31-33-35-37-39-43(41(6-3)42(44)45)40-38-36-34-32-30-28-26-24-22-20-18-16-14-12-10-8-5-2;/h41H,4-40H2,1-3H3,(H,44,45);/q;+1/p-1. The second-order valence-corrected chi connectivity index (χ2v) is 14.6. The number of hydrogen-bond acceptors (Lipinski definition) is 3. The molecule has 0 rings (SSSR count). The number of rotatable bonds is 39. The van der Waals surface area contributed by atoms with Crippen LogP contribution < -0.4 is 24.0 Å². The Kier molecular flexibility index (Phi) is 43.1. The van der Waals surface area contributed by atoms with Crippen molar-refractivity contribution in [3.05, 3.63) is 0 Å². The van der Waals surface area contributed by atoms with E-state index >= 15 is 0 Å². The number of aliphatic carboxylic acids is 1. The monoisotopic (exact) mass is 642 g/mol. The minimum atomic E-state index is -0.878. The molecule has 0 heterocycles. The fourth-order valence-corrected chi connectivity index (χ4v) is 7.08. The molecule has 46 heavy (non-hydrogen) atoms. The van der Waals surface area contributed by atoms with Gasteiger partial charge in [-0.05, 0) is 32.4 Å². The molecular weight excluding hydrogens is 557 g/mol. The average Bonchev–Trinajstić information content (AvgIpc) is 3.03. The summed E-state index contributed by atoms with van der Waals surface area (Å²) in [7, 11) is 0. The molecule has 0 saturated heterocycles. The first kappa shape index (κ1) is 48.1. The molecule has 0 aliphatic rings. The van der Waals surface area contributed by atoms with E-state index in [4.69, 9.17) is 0 Å². The second-order valence-electron chi connectivity index (χ2n) is 14.6. The summed E-state index contributed by atoms with van der Waals surface area (Å²) in [4.78, 5) is 14.0. The Morgan fingerprint density at radius 3 is 0.761 bits per heavy atom. The van der Waals surface area contributed by atoms with Crippen molar-refractivity contribution in [3.8, 4) is 0 Å². The average molecular weight is 642 g/mol. The molecule has 0 bridgehead atoms. The van der Waals surface area contributed by atoms with Crippen LogP contribution in [0.2, 0.25) is 0 Å². The van der Waals surface area contributed by atoms with E-state index in [0.29, 0.717) is 6.42 Å². The zero-order valence-electron chi connectivity index (χ0n) is 32.5. The van der Waals surface area contributed by atoms with Gasteiger partial charge in [0, 0.05) is 6.04 Å². The van der Waals surface area contributed by atoms with Gasteiger partial charge in [0.05, 0.1) is 5.97 Å². The first-order chi connectivity index (χ1) is 22.2. The molecule has 1 atom stereocenters. The fraction of sp³-hybridized carbons (Fsp3) is 0.976. The maximum Gasteiger partial charge on any atom is 1.00 e. The summed E-state index contributed by atoms with van der Waals surface area (Å²) < 4.78 is 0. The molecule has 0 aromatic carbocycles. The first-order valence-electron chi connectivity index (χ1n) is 21.1. The Balaban J connectivity index is 0. The summed E-state index contributed by atoms with van der Waals surface area (Å²) in [6.45, 7) is 8.42. The summed E-state index contributed by atoms with van der Waals surface area (Å²) in [5, 5.41) is 11.8. The molecule has 0 aliphatic heterocycles. The van der Waals surface area contributed by atoms with Gasteiger partial charge in [0.15, 0.2) is 0 Å². The number of hydrogen-bond donors (Lipinski definition) is 0. The van der Waals surface area contributed by atoms with Crippen molar-refractivity contribution >= 4 is 5.97 Å². The van der Waals surface area contributed by atoms with Gasteiger partial charge in [-0.1, -0.05) is 226 Å². The van der Waals surface area contributed by atoms with E-state index in [1.807, 2.05) is 6.92 Å². The third kappa shape index (κ3) is 35.3. The van der Waals surface area contributed by atoms with E-state index < -0.39 is 12.0 Å². The third-order valence-corrected chi connectivity index (χ3v) is 10.2. The van der Waals surface area contributed by atoms with Crippen LogP contribution >= 0.6 is 0 Å². The van der Waals surface area contributed by atoms with Crippen molar-refractivity contribution < 1.29 is 28.8 Å². The first-order valence-corrected chi connectivity index (χ1v) is 21.1. The van der Waals surface area contributed by atoms with Gasteiger partial charge in [0.25, 0.3) is 0 Å². The molecule has 0 radical (unpaired) electrons. The predicted molar refractivity (Wildman–Crippen MR) is 199 cm³/mol. The number of carboxylic acids is 1. The number of carbonyl (C=O) groups excluding carboxylic acids is 1. The quantitative estimate of drug-likeness (QED) is 0.0496. The maximum absolute atomic E-state index is 11.8. The molecule has 3 nitrogen and oxygen atoms in total. The Morgan fingerprint density at radius 2 is 0.587 bits per heavy atom. The van der Waals surface area contributed by atoms with Crippen LogP contribution in [-0.4, -0.2) is 30.0 Å². The molecule has 270 valence electrons. The van der Waals surface area contributed by atoms with Gasteiger partial charge in [-0.2, -0.15) is 0 Å². The van der Waals surface area contributed by atoms with E-state index in [0.717, 1.165) is 25.9 Å². The predicted octanol–water partition coefficient (Wildman–Crippen LogP) is 10.1. The van der Waals surface area contributed by atoms with Crippen molar-refractivity contribution in [1.82, 2.24) is 4.90 Å². The Bertz CT molecular complexity index is 534. The van der Waals surface area contributed by atoms with Crippen molar-refractivity contribution in [2.45, 2.75) is 252 Å². The number of carboxylic acid groups (broad SMARTS) is 1. The SMILES string of the molecule is CCCCCCCCCCCCCCCCCCCN(CCCCCCCCCCCCCCCCCCC)C(CC)C(=O)[O-].[Li+]. The van der Waals surface area contributed by atoms with Crippen LogP contribution in [0.5, 0.6) is 0 Å². The molecule has 0 N–H and O–H groups in total. The summed E-state index contributed by atoms with van der Waals surface area (Å²) in [5.41, 5.74) is 0. The van der Waals surface area contributed by atoms with Crippen molar-refractivity contribution in [2.24, 2.45) is 0 Å². The van der Waals surface area contributed by atoms with Crippen molar-refractivity contribution in [2.75, 3.05) is 13.1 Å². The Hall–Kier alpha value is 0.0274. The maximum atomic E-state index is 11.8. The number of nitrogens with zero attached hydrogens (tertiary/aromatic N) is 1. The van der Waals surface area contributed by atoms with Crippen LogP contribution in [0, 0.1) is 0 Å². The minimum absolute atomic E-state index is 0. The molecular formula is C42H84LiNO2. The minimum Gasteiger partial charge on any atom is -0.548 e. The van der Waals surface area contributed by atoms with Gasteiger partial charge < -0.3 is 9.90 Å². The van der Waals surface area contributed by atoms with Crippen LogP contribution in [0.1, 0.15) is 245 Å². The van der Waals surface area contributed by atoms with Crippen LogP contribution in [0.3, 0.4) is 0 Å². The van der Waals surface area contributed by atoms with E-state index in [2.05, 4.69) is 18.7 Å². The summed E-state index contributed by atoms with van der Waals surface area (Å²) >= 11 is 0. The van der Waals surface area contributed by atoms with Gasteiger partial charge in [-0.15, -0.1) is 0 Å². The van der Waals surface area contributed by atoms with Gasteiger partial charge in [-0.25, -0.2) is 0 Å². The summed E-state index contributed by atoms with van der Waals surface area (Å²) in [6.07, 6.45) is 47.6. The van der Waals surface area contributed by atoms with Gasteiger partial charge in [0.1, 0.15) is 0 Å². The number of unbranched alkanes of at least 4 members (excludes halogenated alkanes) is 32. The van der Waals surface area contributed by atoms with E-state index in [-0.39, 0.29) is 18.9 Å². The van der Waals surface area contributed by atoms with E-state index in [9.17, 15) is 9.90 Å².